The van der Waals surface area contributed by atoms with Crippen LogP contribution in [0.15, 0.2) is 24.8 Å². The van der Waals surface area contributed by atoms with Gasteiger partial charge in [-0.2, -0.15) is 0 Å². The number of allylic oxidation sites excluding steroid dienone is 2. The average Bonchev–Trinajstić information content (AvgIpc) is 2.77. The van der Waals surface area contributed by atoms with E-state index in [-0.39, 0.29) is 12.1 Å². The molecule has 0 aromatic carbocycles. The van der Waals surface area contributed by atoms with Crippen LogP contribution in [-0.2, 0) is 9.53 Å². The van der Waals surface area contributed by atoms with Crippen molar-refractivity contribution in [3.63, 3.8) is 0 Å². The Labute approximate surface area is 105 Å². The van der Waals surface area contributed by atoms with Crippen LogP contribution in [0.4, 0.5) is 0 Å². The third kappa shape index (κ3) is 5.71. The van der Waals surface area contributed by atoms with Crippen molar-refractivity contribution >= 4 is 5.97 Å². The molecule has 1 rings (SSSR count). The van der Waals surface area contributed by atoms with E-state index in [1.165, 1.54) is 18.9 Å². The summed E-state index contributed by atoms with van der Waals surface area (Å²) < 4.78 is 5.39. The highest BCUT2D eigenvalue weighted by Crippen LogP contribution is 2.24. The summed E-state index contributed by atoms with van der Waals surface area (Å²) in [6.45, 7) is 7.76. The van der Waals surface area contributed by atoms with Gasteiger partial charge in [-0.15, -0.1) is 0 Å². The molecule has 0 heterocycles. The first-order chi connectivity index (χ1) is 8.11. The summed E-state index contributed by atoms with van der Waals surface area (Å²) in [5.74, 6) is 0.946. The Kier molecular flexibility index (Phi) is 6.03. The predicted molar refractivity (Wildman–Crippen MR) is 70.6 cm³/mol. The van der Waals surface area contributed by atoms with Crippen LogP contribution in [0, 0.1) is 11.8 Å². The second-order valence-electron chi connectivity index (χ2n) is 5.24. The second kappa shape index (κ2) is 7.31. The average molecular weight is 236 g/mol. The fourth-order valence-corrected chi connectivity index (χ4v) is 2.30. The molecule has 0 aromatic rings. The molecule has 96 valence electrons. The molecule has 0 spiro atoms. The molecule has 0 fully saturated rings. The van der Waals surface area contributed by atoms with E-state index < -0.39 is 0 Å². The van der Waals surface area contributed by atoms with Gasteiger partial charge in [0.25, 0.3) is 0 Å². The van der Waals surface area contributed by atoms with Gasteiger partial charge in [0.1, 0.15) is 6.10 Å². The predicted octanol–water partition coefficient (Wildman–Crippen LogP) is 3.88. The lowest BCUT2D eigenvalue weighted by Crippen LogP contribution is -2.19. The molecule has 1 aliphatic carbocycles. The maximum atomic E-state index is 11.2. The number of hydrogen-bond acceptors (Lipinski definition) is 2. The van der Waals surface area contributed by atoms with Gasteiger partial charge in [0.05, 0.1) is 0 Å². The Morgan fingerprint density at radius 2 is 2.35 bits per heavy atom. The lowest BCUT2D eigenvalue weighted by Gasteiger charge is -2.20. The maximum Gasteiger partial charge on any atom is 0.330 e. The van der Waals surface area contributed by atoms with Crippen molar-refractivity contribution in [2.24, 2.45) is 11.8 Å². The van der Waals surface area contributed by atoms with E-state index >= 15 is 0 Å². The summed E-state index contributed by atoms with van der Waals surface area (Å²) in [5.41, 5.74) is 0. The van der Waals surface area contributed by atoms with E-state index in [0.717, 1.165) is 19.3 Å². The van der Waals surface area contributed by atoms with Gasteiger partial charge in [-0.25, -0.2) is 4.79 Å². The fourth-order valence-electron chi connectivity index (χ4n) is 2.30. The highest BCUT2D eigenvalue weighted by Gasteiger charge is 2.17. The van der Waals surface area contributed by atoms with Crippen molar-refractivity contribution in [2.45, 2.75) is 52.1 Å². The number of rotatable bonds is 7. The van der Waals surface area contributed by atoms with Gasteiger partial charge >= 0.3 is 5.97 Å². The summed E-state index contributed by atoms with van der Waals surface area (Å²) in [6.07, 6.45) is 11.3. The zero-order valence-corrected chi connectivity index (χ0v) is 11.0. The quantitative estimate of drug-likeness (QED) is 0.381. The van der Waals surface area contributed by atoms with Crippen molar-refractivity contribution in [1.82, 2.24) is 0 Å². The van der Waals surface area contributed by atoms with Gasteiger partial charge in [0.15, 0.2) is 0 Å². The van der Waals surface area contributed by atoms with Gasteiger partial charge in [0, 0.05) is 6.08 Å². The van der Waals surface area contributed by atoms with Gasteiger partial charge in [-0.1, -0.05) is 32.6 Å². The Morgan fingerprint density at radius 3 is 2.88 bits per heavy atom. The van der Waals surface area contributed by atoms with Crippen LogP contribution in [0.5, 0.6) is 0 Å². The Bertz CT molecular complexity index is 279. The molecule has 0 saturated heterocycles. The maximum absolute atomic E-state index is 11.2. The zero-order chi connectivity index (χ0) is 12.7. The molecule has 1 aliphatic rings. The van der Waals surface area contributed by atoms with Gasteiger partial charge in [-0.3, -0.25) is 0 Å². The molecule has 17 heavy (non-hydrogen) atoms. The number of carbonyl (C=O) groups excluding carboxylic acids is 1. The molecule has 2 heteroatoms. The van der Waals surface area contributed by atoms with Gasteiger partial charge in [-0.05, 0) is 43.9 Å². The Hall–Kier alpha value is -1.05. The summed E-state index contributed by atoms with van der Waals surface area (Å²) in [6, 6.07) is 0. The SMILES string of the molecule is C=CC(=O)OC(CCC1C=CCC1)CC(C)C. The minimum atomic E-state index is -0.294. The first-order valence-corrected chi connectivity index (χ1v) is 6.61. The second-order valence-corrected chi connectivity index (χ2v) is 5.24. The molecule has 0 N–H and O–H groups in total. The monoisotopic (exact) mass is 236 g/mol. The first kappa shape index (κ1) is 14.0. The highest BCUT2D eigenvalue weighted by molar-refractivity contribution is 5.81. The van der Waals surface area contributed by atoms with Gasteiger partial charge in [0.2, 0.25) is 0 Å². The van der Waals surface area contributed by atoms with Crippen LogP contribution >= 0.6 is 0 Å². The molecule has 0 aromatic heterocycles. The van der Waals surface area contributed by atoms with E-state index in [9.17, 15) is 4.79 Å². The lowest BCUT2D eigenvalue weighted by molar-refractivity contribution is -0.144. The third-order valence-corrected chi connectivity index (χ3v) is 3.16. The smallest absolute Gasteiger partial charge is 0.330 e. The van der Waals surface area contributed by atoms with Crippen molar-refractivity contribution in [2.75, 3.05) is 0 Å². The normalized spacial score (nSPS) is 20.5. The first-order valence-electron chi connectivity index (χ1n) is 6.61. The largest absolute Gasteiger partial charge is 0.459 e. The van der Waals surface area contributed by atoms with Crippen LogP contribution < -0.4 is 0 Å². The molecule has 0 saturated carbocycles. The van der Waals surface area contributed by atoms with Crippen LogP contribution in [0.3, 0.4) is 0 Å². The number of esters is 1. The molecule has 2 atom stereocenters. The van der Waals surface area contributed by atoms with Crippen molar-refractivity contribution < 1.29 is 9.53 Å². The molecular formula is C15H24O2. The molecule has 0 aliphatic heterocycles. The third-order valence-electron chi connectivity index (χ3n) is 3.16. The molecule has 2 unspecified atom stereocenters. The summed E-state index contributed by atoms with van der Waals surface area (Å²) in [5, 5.41) is 0. The number of ether oxygens (including phenoxy) is 1. The van der Waals surface area contributed by atoms with Crippen molar-refractivity contribution in [3.05, 3.63) is 24.8 Å². The van der Waals surface area contributed by atoms with E-state index in [2.05, 4.69) is 32.6 Å². The molecule has 0 amide bonds. The number of hydrogen-bond donors (Lipinski definition) is 0. The van der Waals surface area contributed by atoms with Crippen LogP contribution in [0.25, 0.3) is 0 Å². The summed E-state index contributed by atoms with van der Waals surface area (Å²) in [7, 11) is 0. The lowest BCUT2D eigenvalue weighted by atomic mass is 9.96. The molecule has 0 radical (unpaired) electrons. The van der Waals surface area contributed by atoms with Crippen LogP contribution in [0.2, 0.25) is 0 Å². The minimum absolute atomic E-state index is 0.0505. The standard InChI is InChI=1S/C15H24O2/c1-4-15(16)17-14(11-12(2)3)10-9-13-7-5-6-8-13/h4-5,7,12-14H,1,6,8-11H2,2-3H3. The van der Waals surface area contributed by atoms with E-state index in [1.54, 1.807) is 0 Å². The Balaban J connectivity index is 2.35. The minimum Gasteiger partial charge on any atom is -0.459 e. The Morgan fingerprint density at radius 1 is 1.59 bits per heavy atom. The topological polar surface area (TPSA) is 26.3 Å². The van der Waals surface area contributed by atoms with E-state index in [4.69, 9.17) is 4.74 Å². The zero-order valence-electron chi connectivity index (χ0n) is 11.0. The molecular weight excluding hydrogens is 212 g/mol. The highest BCUT2D eigenvalue weighted by atomic mass is 16.5. The summed E-state index contributed by atoms with van der Waals surface area (Å²) in [4.78, 5) is 11.2. The van der Waals surface area contributed by atoms with Crippen molar-refractivity contribution in [3.8, 4) is 0 Å². The summed E-state index contributed by atoms with van der Waals surface area (Å²) >= 11 is 0. The van der Waals surface area contributed by atoms with Gasteiger partial charge < -0.3 is 4.74 Å². The number of carbonyl (C=O) groups is 1. The van der Waals surface area contributed by atoms with E-state index in [1.807, 2.05) is 0 Å². The van der Waals surface area contributed by atoms with Crippen LogP contribution in [-0.4, -0.2) is 12.1 Å². The van der Waals surface area contributed by atoms with Crippen LogP contribution in [0.1, 0.15) is 46.0 Å². The van der Waals surface area contributed by atoms with E-state index in [0.29, 0.717) is 11.8 Å². The fraction of sp³-hybridized carbons (Fsp3) is 0.667. The molecule has 2 nitrogen and oxygen atoms in total. The van der Waals surface area contributed by atoms with Crippen molar-refractivity contribution in [1.29, 1.82) is 0 Å². The molecule has 0 bridgehead atoms.